The summed E-state index contributed by atoms with van der Waals surface area (Å²) in [5.41, 5.74) is -1.37. The number of carbonyl (C=O) groups excluding carboxylic acids is 2. The van der Waals surface area contributed by atoms with Gasteiger partial charge in [-0.25, -0.2) is 36.5 Å². The van der Waals surface area contributed by atoms with Gasteiger partial charge in [-0.1, -0.05) is 11.6 Å². The number of aliphatic carboxylic acids is 1. The predicted octanol–water partition coefficient (Wildman–Crippen LogP) is 2.50. The zero-order valence-corrected chi connectivity index (χ0v) is 35.0. The number of urea groups is 1. The summed E-state index contributed by atoms with van der Waals surface area (Å²) in [5.74, 6) is -4.46. The number of nitrogens with one attached hydrogen (secondary N) is 3. The van der Waals surface area contributed by atoms with E-state index in [-0.39, 0.29) is 57.5 Å². The van der Waals surface area contributed by atoms with Gasteiger partial charge in [-0.3, -0.25) is 24.8 Å². The molecule has 4 rings (SSSR count). The zero-order chi connectivity index (χ0) is 45.7. The Hall–Kier alpha value is -5.22. The number of esters is 1. The lowest BCUT2D eigenvalue weighted by Crippen LogP contribution is -2.35. The Morgan fingerprint density at radius 1 is 1.10 bits per heavy atom. The summed E-state index contributed by atoms with van der Waals surface area (Å²) in [7, 11) is -7.16. The lowest BCUT2D eigenvalue weighted by Gasteiger charge is -2.12. The van der Waals surface area contributed by atoms with Crippen molar-refractivity contribution in [2.24, 2.45) is 0 Å². The van der Waals surface area contributed by atoms with Gasteiger partial charge < -0.3 is 29.5 Å². The van der Waals surface area contributed by atoms with Gasteiger partial charge in [0, 0.05) is 11.4 Å². The summed E-state index contributed by atoms with van der Waals surface area (Å²) in [6.07, 6.45) is -0.713. The average Bonchev–Trinajstić information content (AvgIpc) is 3.74. The summed E-state index contributed by atoms with van der Waals surface area (Å²) in [5, 5.41) is 24.9. The number of carboxylic acid groups (broad SMARTS) is 2. The molecule has 0 spiro atoms. The number of aryl methyl sites for hydroxylation is 2. The summed E-state index contributed by atoms with van der Waals surface area (Å²) >= 11 is 12.6. The second-order valence-electron chi connectivity index (χ2n) is 11.0. The highest BCUT2D eigenvalue weighted by atomic mass is 35.5. The van der Waals surface area contributed by atoms with Crippen LogP contribution in [0.25, 0.3) is 5.69 Å². The fourth-order valence-electron chi connectivity index (χ4n) is 4.15. The number of hydrogen-bond donors (Lipinski definition) is 7. The number of halogens is 5. The molecule has 1 atom stereocenters. The van der Waals surface area contributed by atoms with Gasteiger partial charge >= 0.3 is 49.8 Å². The van der Waals surface area contributed by atoms with E-state index in [2.05, 4.69) is 30.7 Å². The van der Waals surface area contributed by atoms with E-state index in [0.29, 0.717) is 4.68 Å². The molecule has 0 bridgehead atoms. The van der Waals surface area contributed by atoms with Gasteiger partial charge in [-0.2, -0.15) is 28.4 Å². The van der Waals surface area contributed by atoms with Crippen molar-refractivity contribution in [3.05, 3.63) is 67.0 Å². The van der Waals surface area contributed by atoms with Crippen LogP contribution in [-0.4, -0.2) is 114 Å². The number of alkyl halides is 3. The Morgan fingerprint density at radius 3 is 2.28 bits per heavy atom. The van der Waals surface area contributed by atoms with Crippen molar-refractivity contribution in [3.63, 3.8) is 0 Å². The third-order valence-electron chi connectivity index (χ3n) is 6.53. The number of sulfonamides is 1. The van der Waals surface area contributed by atoms with E-state index < -0.39 is 87.6 Å². The van der Waals surface area contributed by atoms with Crippen LogP contribution in [-0.2, 0) is 35.3 Å². The molecule has 7 N–H and O–H groups in total. The van der Waals surface area contributed by atoms with E-state index in [1.165, 1.54) is 26.3 Å². The molecule has 60 heavy (non-hydrogen) atoms. The molecule has 31 heteroatoms. The molecule has 0 aliphatic heterocycles. The third kappa shape index (κ3) is 15.4. The maximum absolute atomic E-state index is 14.2. The molecule has 330 valence electrons. The lowest BCUT2D eigenvalue weighted by atomic mass is 10.1. The first-order valence-corrected chi connectivity index (χ1v) is 20.9. The number of anilines is 1. The molecule has 1 unspecified atom stereocenters. The zero-order valence-electron chi connectivity index (χ0n) is 31.0. The van der Waals surface area contributed by atoms with Crippen molar-refractivity contribution in [2.45, 2.75) is 44.0 Å². The quantitative estimate of drug-likeness (QED) is 0.0511. The highest BCUT2D eigenvalue weighted by Gasteiger charge is 2.27. The Morgan fingerprint density at radius 2 is 1.75 bits per heavy atom. The van der Waals surface area contributed by atoms with E-state index >= 15 is 0 Å². The molecule has 0 fully saturated rings. The molecular formula is C29H33Cl2F3N9O14PS2. The largest absolute Gasteiger partial charge is 0.480 e. The van der Waals surface area contributed by atoms with Gasteiger partial charge in [0.05, 0.1) is 26.5 Å². The van der Waals surface area contributed by atoms with Gasteiger partial charge in [-0.05, 0) is 49.9 Å². The van der Waals surface area contributed by atoms with Crippen LogP contribution < -0.4 is 25.8 Å². The number of aromatic carboxylic acids is 1. The van der Waals surface area contributed by atoms with Gasteiger partial charge in [0.1, 0.15) is 32.5 Å². The van der Waals surface area contributed by atoms with E-state index in [0.717, 1.165) is 29.5 Å². The predicted molar refractivity (Wildman–Crippen MR) is 203 cm³/mol. The second-order valence-corrected chi connectivity index (χ2v) is 16.2. The number of aromatic nitrogens is 6. The molecule has 0 aliphatic carbocycles. The minimum atomic E-state index is -4.37. The summed E-state index contributed by atoms with van der Waals surface area (Å²) in [4.78, 5) is 83.1. The standard InChI is InChI=1S/C15H14Cl2F3N3O3.C11H11N5O6S2.C3H8NO5P/c1-3-26-13(24)10(17)4-8-5-12(11(18)6-9(8)16)23-15(25)22(14(19)20)7(2)21-23;1-5-12-9(15-11(13-5)22-2)14-10(19)16-24(20,21)6-3-4-23-7(6)8(17)18;5-3(6)1-4-2-10(7,8)9/h5-6,10,14H,3-4H2,1-2H3;3-4H,1-2H3,(H,17,18)(H2,12,13,14,15,16,19);4H,1-2H2,(H,5,6)(H2,7,8,9). The Kier molecular flexibility index (Phi) is 19.0. The van der Waals surface area contributed by atoms with Crippen molar-refractivity contribution >= 4 is 82.0 Å². The average molecular weight is 955 g/mol. The lowest BCUT2D eigenvalue weighted by molar-refractivity contribution is -0.142. The van der Waals surface area contributed by atoms with Crippen LogP contribution in [0.1, 0.15) is 40.4 Å². The van der Waals surface area contributed by atoms with Gasteiger partial charge in [-0.15, -0.1) is 28.0 Å². The summed E-state index contributed by atoms with van der Waals surface area (Å²) in [6, 6.07) is 1.89. The van der Waals surface area contributed by atoms with E-state index in [4.69, 9.17) is 52.7 Å². The maximum Gasteiger partial charge on any atom is 0.355 e. The molecule has 3 aromatic heterocycles. The Balaban J connectivity index is 0.000000339. The van der Waals surface area contributed by atoms with E-state index in [1.807, 2.05) is 0 Å². The summed E-state index contributed by atoms with van der Waals surface area (Å²) in [6.45, 7) is 0.888. The molecule has 23 nitrogen and oxygen atoms in total. The van der Waals surface area contributed by atoms with E-state index in [9.17, 15) is 50.1 Å². The highest BCUT2D eigenvalue weighted by molar-refractivity contribution is 7.90. The fourth-order valence-corrected chi connectivity index (χ4v) is 7.18. The first-order chi connectivity index (χ1) is 27.8. The van der Waals surface area contributed by atoms with Crippen molar-refractivity contribution in [1.82, 2.24) is 39.3 Å². The van der Waals surface area contributed by atoms with Crippen LogP contribution in [0.5, 0.6) is 6.01 Å². The third-order valence-corrected chi connectivity index (χ3v) is 10.3. The van der Waals surface area contributed by atoms with Crippen LogP contribution in [0.2, 0.25) is 5.02 Å². The van der Waals surface area contributed by atoms with Gasteiger partial charge in [0.2, 0.25) is 5.95 Å². The van der Waals surface area contributed by atoms with E-state index in [1.54, 1.807) is 11.6 Å². The second kappa shape index (κ2) is 22.4. The smallest absolute Gasteiger partial charge is 0.355 e. The first-order valence-electron chi connectivity index (χ1n) is 15.9. The molecule has 3 heterocycles. The number of carboxylic acids is 2. The fraction of sp³-hybridized carbons (Fsp3) is 0.345. The number of benzene rings is 1. The van der Waals surface area contributed by atoms with Gasteiger partial charge in [0.25, 0.3) is 10.0 Å². The van der Waals surface area contributed by atoms with Gasteiger partial charge in [0.15, 0.2) is 5.82 Å². The molecule has 2 amide bonds. The first kappa shape index (κ1) is 50.9. The normalized spacial score (nSPS) is 11.7. The van der Waals surface area contributed by atoms with Crippen LogP contribution in [0, 0.1) is 19.7 Å². The topological polar surface area (TPSA) is 333 Å². The minimum Gasteiger partial charge on any atom is -0.480 e. The van der Waals surface area contributed by atoms with Crippen LogP contribution in [0.15, 0.2) is 33.3 Å². The number of hydrogen-bond acceptors (Lipinski definition) is 16. The number of nitrogens with zero attached hydrogens (tertiary/aromatic N) is 6. The van der Waals surface area contributed by atoms with Crippen LogP contribution >= 0.6 is 42.1 Å². The monoisotopic (exact) mass is 953 g/mol. The molecule has 0 saturated carbocycles. The molecule has 0 saturated heterocycles. The Bertz CT molecular complexity index is 2420. The Labute approximate surface area is 349 Å². The molecule has 0 aliphatic rings. The molecular weight excluding hydrogens is 921 g/mol. The van der Waals surface area contributed by atoms with Crippen molar-refractivity contribution in [2.75, 3.05) is 31.9 Å². The van der Waals surface area contributed by atoms with Crippen molar-refractivity contribution in [1.29, 1.82) is 0 Å². The maximum atomic E-state index is 14.2. The summed E-state index contributed by atoms with van der Waals surface area (Å²) < 4.78 is 86.2. The van der Waals surface area contributed by atoms with Crippen molar-refractivity contribution < 1.29 is 74.8 Å². The van der Waals surface area contributed by atoms with Crippen LogP contribution in [0.3, 0.4) is 0 Å². The van der Waals surface area contributed by atoms with Crippen LogP contribution in [0.4, 0.5) is 23.9 Å². The SMILES string of the molecule is CCOC(=O)C(Cl)Cc1cc(-n2nc(C)n(C(F)F)c2=O)c(F)cc1Cl.COc1nc(C)nc(NC(=O)NS(=O)(=O)c2ccsc2C(=O)O)n1.O=C(O)CNCP(=O)(O)O. The number of methoxy groups -OCH3 is 1. The number of rotatable bonds is 15. The number of thiophene rings is 1. The number of carbonyl (C=O) groups is 4. The molecule has 4 aromatic rings. The minimum absolute atomic E-state index is 0.0424. The van der Waals surface area contributed by atoms with Crippen molar-refractivity contribution in [3.8, 4) is 11.7 Å². The molecule has 1 aromatic carbocycles. The number of amides is 2. The number of ether oxygens (including phenoxy) is 2. The molecule has 0 radical (unpaired) electrons. The highest BCUT2D eigenvalue weighted by Crippen LogP contribution is 2.31.